The SMILES string of the molecule is COc1cccc(-c2nn(Cc3ccccc3)cc2C(=O)Nc2cc(OC)c(Cl)cc2OC)c1. The molecule has 4 aromatic rings. The van der Waals surface area contributed by atoms with Crippen molar-refractivity contribution in [3.63, 3.8) is 0 Å². The Labute approximate surface area is 202 Å². The van der Waals surface area contributed by atoms with E-state index in [2.05, 4.69) is 5.32 Å². The van der Waals surface area contributed by atoms with Crippen LogP contribution >= 0.6 is 11.6 Å². The van der Waals surface area contributed by atoms with Crippen molar-refractivity contribution in [2.75, 3.05) is 26.6 Å². The van der Waals surface area contributed by atoms with Crippen molar-refractivity contribution in [1.29, 1.82) is 0 Å². The zero-order chi connectivity index (χ0) is 24.1. The highest BCUT2D eigenvalue weighted by atomic mass is 35.5. The van der Waals surface area contributed by atoms with Crippen molar-refractivity contribution in [3.05, 3.63) is 89.1 Å². The lowest BCUT2D eigenvalue weighted by Crippen LogP contribution is -2.13. The Bertz CT molecular complexity index is 1300. The van der Waals surface area contributed by atoms with Gasteiger partial charge in [-0.15, -0.1) is 0 Å². The largest absolute Gasteiger partial charge is 0.497 e. The molecule has 0 radical (unpaired) electrons. The van der Waals surface area contributed by atoms with Crippen LogP contribution in [0.1, 0.15) is 15.9 Å². The lowest BCUT2D eigenvalue weighted by molar-refractivity contribution is 0.102. The van der Waals surface area contributed by atoms with Gasteiger partial charge < -0.3 is 19.5 Å². The molecule has 8 heteroatoms. The van der Waals surface area contributed by atoms with Crippen LogP contribution < -0.4 is 19.5 Å². The zero-order valence-corrected chi connectivity index (χ0v) is 19.8. The lowest BCUT2D eigenvalue weighted by atomic mass is 10.1. The molecule has 0 bridgehead atoms. The minimum atomic E-state index is -0.347. The second-order valence-corrected chi connectivity index (χ2v) is 7.85. The molecular weight excluding hydrogens is 454 g/mol. The van der Waals surface area contributed by atoms with Crippen molar-refractivity contribution >= 4 is 23.2 Å². The summed E-state index contributed by atoms with van der Waals surface area (Å²) in [4.78, 5) is 13.5. The van der Waals surface area contributed by atoms with Crippen LogP contribution in [0, 0.1) is 0 Å². The van der Waals surface area contributed by atoms with E-state index in [1.165, 1.54) is 14.2 Å². The summed E-state index contributed by atoms with van der Waals surface area (Å²) in [5, 5.41) is 8.02. The van der Waals surface area contributed by atoms with E-state index in [-0.39, 0.29) is 5.91 Å². The van der Waals surface area contributed by atoms with Crippen molar-refractivity contribution in [2.24, 2.45) is 0 Å². The molecule has 0 unspecified atom stereocenters. The maximum Gasteiger partial charge on any atom is 0.259 e. The monoisotopic (exact) mass is 477 g/mol. The van der Waals surface area contributed by atoms with Gasteiger partial charge in [0.1, 0.15) is 22.9 Å². The van der Waals surface area contributed by atoms with Gasteiger partial charge in [0.2, 0.25) is 0 Å². The molecule has 7 nitrogen and oxygen atoms in total. The fraction of sp³-hybridized carbons (Fsp3) is 0.154. The number of rotatable bonds is 8. The van der Waals surface area contributed by atoms with E-state index in [0.717, 1.165) is 11.1 Å². The lowest BCUT2D eigenvalue weighted by Gasteiger charge is -2.13. The van der Waals surface area contributed by atoms with E-state index < -0.39 is 0 Å². The number of halogens is 1. The first-order valence-electron chi connectivity index (χ1n) is 10.5. The number of benzene rings is 3. The van der Waals surface area contributed by atoms with Gasteiger partial charge in [-0.3, -0.25) is 9.48 Å². The molecule has 0 atom stereocenters. The summed E-state index contributed by atoms with van der Waals surface area (Å²) in [5.41, 5.74) is 3.20. The maximum absolute atomic E-state index is 13.5. The van der Waals surface area contributed by atoms with Gasteiger partial charge in [0, 0.05) is 23.9 Å². The molecule has 1 aromatic heterocycles. The number of nitrogens with one attached hydrogen (secondary N) is 1. The normalized spacial score (nSPS) is 10.6. The molecular formula is C26H24ClN3O4. The van der Waals surface area contributed by atoms with E-state index in [1.54, 1.807) is 30.1 Å². The highest BCUT2D eigenvalue weighted by Gasteiger charge is 2.21. The number of ether oxygens (including phenoxy) is 3. The Morgan fingerprint density at radius 3 is 2.41 bits per heavy atom. The molecule has 0 saturated carbocycles. The minimum absolute atomic E-state index is 0.347. The average molecular weight is 478 g/mol. The number of methoxy groups -OCH3 is 3. The third kappa shape index (κ3) is 5.00. The second kappa shape index (κ2) is 10.3. The summed E-state index contributed by atoms with van der Waals surface area (Å²) in [6.45, 7) is 0.517. The topological polar surface area (TPSA) is 74.6 Å². The van der Waals surface area contributed by atoms with Gasteiger partial charge in [-0.2, -0.15) is 5.10 Å². The maximum atomic E-state index is 13.5. The predicted molar refractivity (Wildman–Crippen MR) is 132 cm³/mol. The Morgan fingerprint density at radius 1 is 0.941 bits per heavy atom. The summed E-state index contributed by atoms with van der Waals surface area (Å²) in [7, 11) is 4.61. The number of carbonyl (C=O) groups excluding carboxylic acids is 1. The molecule has 1 heterocycles. The number of hydrogen-bond acceptors (Lipinski definition) is 5. The van der Waals surface area contributed by atoms with Gasteiger partial charge in [-0.1, -0.05) is 54.1 Å². The van der Waals surface area contributed by atoms with Gasteiger partial charge in [-0.05, 0) is 17.7 Å². The van der Waals surface area contributed by atoms with E-state index in [4.69, 9.17) is 30.9 Å². The highest BCUT2D eigenvalue weighted by Crippen LogP contribution is 2.36. The molecule has 0 aliphatic carbocycles. The number of aromatic nitrogens is 2. The summed E-state index contributed by atoms with van der Waals surface area (Å²) >= 11 is 6.21. The average Bonchev–Trinajstić information content (AvgIpc) is 3.29. The molecule has 0 fully saturated rings. The Morgan fingerprint density at radius 2 is 1.71 bits per heavy atom. The standard InChI is InChI=1S/C26H24ClN3O4/c1-32-19-11-7-10-18(12-19)25-20(16-30(29-25)15-17-8-5-4-6-9-17)26(31)28-22-14-23(33-2)21(27)13-24(22)34-3/h4-14,16H,15H2,1-3H3,(H,28,31). The summed E-state index contributed by atoms with van der Waals surface area (Å²) in [5.74, 6) is 1.16. The van der Waals surface area contributed by atoms with E-state index in [0.29, 0.717) is 45.8 Å². The smallest absolute Gasteiger partial charge is 0.259 e. The van der Waals surface area contributed by atoms with Crippen LogP contribution in [0.5, 0.6) is 17.2 Å². The third-order valence-electron chi connectivity index (χ3n) is 5.26. The molecule has 0 aliphatic rings. The molecule has 0 saturated heterocycles. The fourth-order valence-corrected chi connectivity index (χ4v) is 3.80. The van der Waals surface area contributed by atoms with Gasteiger partial charge in [-0.25, -0.2) is 0 Å². The number of hydrogen-bond donors (Lipinski definition) is 1. The summed E-state index contributed by atoms with van der Waals surface area (Å²) < 4.78 is 17.8. The number of amides is 1. The van der Waals surface area contributed by atoms with E-state index in [9.17, 15) is 4.79 Å². The van der Waals surface area contributed by atoms with Crippen molar-refractivity contribution in [3.8, 4) is 28.5 Å². The quantitative estimate of drug-likeness (QED) is 0.361. The second-order valence-electron chi connectivity index (χ2n) is 7.45. The molecule has 0 spiro atoms. The Hall–Kier alpha value is -3.97. The van der Waals surface area contributed by atoms with Gasteiger partial charge in [0.05, 0.1) is 44.1 Å². The molecule has 34 heavy (non-hydrogen) atoms. The van der Waals surface area contributed by atoms with Crippen LogP contribution in [-0.4, -0.2) is 37.0 Å². The summed E-state index contributed by atoms with van der Waals surface area (Å²) in [6.07, 6.45) is 1.73. The van der Waals surface area contributed by atoms with Gasteiger partial charge in [0.15, 0.2) is 0 Å². The van der Waals surface area contributed by atoms with Crippen molar-refractivity contribution < 1.29 is 19.0 Å². The fourth-order valence-electron chi connectivity index (χ4n) is 3.57. The molecule has 1 N–H and O–H groups in total. The van der Waals surface area contributed by atoms with Crippen LogP contribution in [0.25, 0.3) is 11.3 Å². The first kappa shape index (κ1) is 23.2. The molecule has 174 valence electrons. The number of nitrogens with zero attached hydrogens (tertiary/aromatic N) is 2. The van der Waals surface area contributed by atoms with E-state index in [1.807, 2.05) is 54.6 Å². The molecule has 4 rings (SSSR count). The number of anilines is 1. The number of carbonyl (C=O) groups is 1. The third-order valence-corrected chi connectivity index (χ3v) is 5.55. The van der Waals surface area contributed by atoms with Crippen LogP contribution in [-0.2, 0) is 6.54 Å². The van der Waals surface area contributed by atoms with Crippen LogP contribution in [0.4, 0.5) is 5.69 Å². The van der Waals surface area contributed by atoms with Crippen molar-refractivity contribution in [2.45, 2.75) is 6.54 Å². The highest BCUT2D eigenvalue weighted by molar-refractivity contribution is 6.32. The first-order chi connectivity index (χ1) is 16.5. The molecule has 3 aromatic carbocycles. The van der Waals surface area contributed by atoms with Crippen molar-refractivity contribution in [1.82, 2.24) is 9.78 Å². The first-order valence-corrected chi connectivity index (χ1v) is 10.9. The Balaban J connectivity index is 1.74. The van der Waals surface area contributed by atoms with Crippen LogP contribution in [0.3, 0.4) is 0 Å². The minimum Gasteiger partial charge on any atom is -0.497 e. The van der Waals surface area contributed by atoms with Gasteiger partial charge in [0.25, 0.3) is 5.91 Å². The molecule has 1 amide bonds. The van der Waals surface area contributed by atoms with E-state index >= 15 is 0 Å². The zero-order valence-electron chi connectivity index (χ0n) is 19.0. The Kier molecular flexibility index (Phi) is 7.04. The van der Waals surface area contributed by atoms with Crippen LogP contribution in [0.2, 0.25) is 5.02 Å². The predicted octanol–water partition coefficient (Wildman–Crippen LogP) is 5.53. The van der Waals surface area contributed by atoms with Crippen LogP contribution in [0.15, 0.2) is 72.9 Å². The molecule has 0 aliphatic heterocycles. The van der Waals surface area contributed by atoms with Gasteiger partial charge >= 0.3 is 0 Å². The summed E-state index contributed by atoms with van der Waals surface area (Å²) in [6, 6.07) is 20.6.